The van der Waals surface area contributed by atoms with Crippen molar-refractivity contribution in [2.24, 2.45) is 0 Å². The molecule has 0 bridgehead atoms. The van der Waals surface area contributed by atoms with E-state index in [-0.39, 0.29) is 0 Å². The van der Waals surface area contributed by atoms with Crippen LogP contribution in [0.1, 0.15) is 18.9 Å². The van der Waals surface area contributed by atoms with E-state index in [0.717, 1.165) is 12.6 Å². The number of aromatic nitrogens is 2. The zero-order valence-corrected chi connectivity index (χ0v) is 24.3. The maximum absolute atomic E-state index is 4.58. The van der Waals surface area contributed by atoms with Gasteiger partial charge in [-0.15, -0.1) is 12.6 Å². The molecular formula is C36H37BN2Si. The molecule has 0 amide bonds. The lowest BCUT2D eigenvalue weighted by Crippen LogP contribution is -2.51. The molecule has 0 aliphatic carbocycles. The van der Waals surface area contributed by atoms with E-state index < -0.39 is 8.07 Å². The van der Waals surface area contributed by atoms with Crippen LogP contribution in [0.2, 0.25) is 0 Å². The second-order valence-electron chi connectivity index (χ2n) is 9.76. The summed E-state index contributed by atoms with van der Waals surface area (Å²) in [6, 6.07) is 42.3. The Kier molecular flexibility index (Phi) is 10.5. The van der Waals surface area contributed by atoms with Crippen molar-refractivity contribution in [2.75, 3.05) is 0 Å². The summed E-state index contributed by atoms with van der Waals surface area (Å²) in [4.78, 5) is 4.24. The van der Waals surface area contributed by atoms with E-state index >= 15 is 0 Å². The van der Waals surface area contributed by atoms with Gasteiger partial charge in [0.2, 0.25) is 6.71 Å². The predicted molar refractivity (Wildman–Crippen MR) is 177 cm³/mol. The van der Waals surface area contributed by atoms with Crippen LogP contribution < -0.4 is 16.1 Å². The highest BCUT2D eigenvalue weighted by atomic mass is 28.3. The van der Waals surface area contributed by atoms with Gasteiger partial charge in [0.25, 0.3) is 0 Å². The van der Waals surface area contributed by atoms with Crippen LogP contribution >= 0.6 is 0 Å². The molecule has 2 nitrogen and oxygen atoms in total. The van der Waals surface area contributed by atoms with E-state index in [1.54, 1.807) is 0 Å². The molecule has 0 saturated heterocycles. The summed E-state index contributed by atoms with van der Waals surface area (Å²) in [6.45, 7) is 11.0. The van der Waals surface area contributed by atoms with Gasteiger partial charge in [-0.2, -0.15) is 0 Å². The van der Waals surface area contributed by atoms with Gasteiger partial charge in [0.15, 0.2) is 8.07 Å². The second kappa shape index (κ2) is 14.7. The first-order chi connectivity index (χ1) is 19.7. The lowest BCUT2D eigenvalue weighted by atomic mass is 9.41. The molecule has 0 saturated carbocycles. The van der Waals surface area contributed by atoms with E-state index in [1.807, 2.05) is 36.8 Å². The van der Waals surface area contributed by atoms with Gasteiger partial charge in [-0.3, -0.25) is 0 Å². The van der Waals surface area contributed by atoms with Crippen molar-refractivity contribution in [1.29, 1.82) is 0 Å². The first kappa shape index (κ1) is 28.6. The van der Waals surface area contributed by atoms with Gasteiger partial charge in [-0.1, -0.05) is 158 Å². The molecule has 1 aromatic heterocycles. The molecule has 5 rings (SSSR count). The van der Waals surface area contributed by atoms with Crippen LogP contribution in [-0.4, -0.2) is 24.3 Å². The fourth-order valence-corrected chi connectivity index (χ4v) is 9.11. The summed E-state index contributed by atoms with van der Waals surface area (Å²) in [6.07, 6.45) is 10.0. The number of hydrogen-bond donors (Lipinski definition) is 0. The van der Waals surface area contributed by atoms with Crippen molar-refractivity contribution in [2.45, 2.75) is 19.5 Å². The van der Waals surface area contributed by atoms with Crippen LogP contribution in [0.25, 0.3) is 5.20 Å². The van der Waals surface area contributed by atoms with Gasteiger partial charge in [0, 0.05) is 18.6 Å². The molecule has 1 atom stereocenters. The molecule has 1 unspecified atom stereocenters. The first-order valence-corrected chi connectivity index (χ1v) is 16.1. The molecule has 4 aromatic carbocycles. The van der Waals surface area contributed by atoms with Crippen LogP contribution in [0.3, 0.4) is 0 Å². The van der Waals surface area contributed by atoms with E-state index in [4.69, 9.17) is 0 Å². The Bertz CT molecular complexity index is 1430. The highest BCUT2D eigenvalue weighted by molar-refractivity contribution is 7.08. The van der Waals surface area contributed by atoms with Crippen LogP contribution in [0.4, 0.5) is 0 Å². The van der Waals surface area contributed by atoms with Crippen molar-refractivity contribution in [1.82, 2.24) is 9.55 Å². The number of hydrogen-bond acceptors (Lipinski definition) is 1. The fraction of sp³-hybridized carbons (Fsp3) is 0.0833. The summed E-state index contributed by atoms with van der Waals surface area (Å²) >= 11 is 0. The second-order valence-corrected chi connectivity index (χ2v) is 13.5. The third-order valence-electron chi connectivity index (χ3n) is 7.13. The number of benzene rings is 4. The molecule has 0 aliphatic heterocycles. The maximum atomic E-state index is 4.58. The van der Waals surface area contributed by atoms with Gasteiger partial charge in [-0.25, -0.2) is 4.98 Å². The highest BCUT2D eigenvalue weighted by Crippen LogP contribution is 2.27. The van der Waals surface area contributed by atoms with Gasteiger partial charge in [-0.05, 0) is 22.4 Å². The third-order valence-corrected chi connectivity index (χ3v) is 11.5. The van der Waals surface area contributed by atoms with Gasteiger partial charge in [0.1, 0.15) is 0 Å². The van der Waals surface area contributed by atoms with Gasteiger partial charge >= 0.3 is 0 Å². The molecule has 0 N–H and O–H groups in total. The Labute approximate surface area is 241 Å². The van der Waals surface area contributed by atoms with Gasteiger partial charge in [0.05, 0.1) is 6.33 Å². The molecule has 1 heterocycles. The largest absolute Gasteiger partial charge is 0.339 e. The molecule has 0 aliphatic rings. The number of rotatable bonds is 10. The smallest absolute Gasteiger partial charge is 0.233 e. The number of allylic oxidation sites excluding steroid dienone is 1. The standard InChI is InChI=1S/C22H24N2Si.C14H13B/c1-3-4-17-25(19-24-16-15-23-18-24,22-13-9-6-10-14-22)20(2)21-11-7-5-8-12-21;1-2-15(13-9-5-3-6-10-13)14-11-7-4-8-12-14/h4-18H,2-3,19H2,1H3;2-12H,1H2. The Morgan fingerprint density at radius 3 is 1.80 bits per heavy atom. The summed E-state index contributed by atoms with van der Waals surface area (Å²) in [5, 5.41) is 2.61. The minimum Gasteiger partial charge on any atom is -0.339 e. The maximum Gasteiger partial charge on any atom is 0.233 e. The lowest BCUT2D eigenvalue weighted by molar-refractivity contribution is 0.862. The monoisotopic (exact) mass is 536 g/mol. The zero-order valence-electron chi connectivity index (χ0n) is 23.3. The SMILES string of the molecule is C=C(c1ccccc1)[Si](C=CCC)(Cn1ccnc1)c1ccccc1.C=CB(c1ccccc1)c1ccccc1. The summed E-state index contributed by atoms with van der Waals surface area (Å²) in [5.41, 5.74) is 6.24. The normalized spacial score (nSPS) is 12.1. The number of nitrogens with zero attached hydrogens (tertiary/aromatic N) is 2. The van der Waals surface area contributed by atoms with Crippen LogP contribution in [0.15, 0.2) is 171 Å². The Balaban J connectivity index is 0.000000210. The van der Waals surface area contributed by atoms with Crippen molar-refractivity contribution in [3.05, 3.63) is 177 Å². The quantitative estimate of drug-likeness (QED) is 0.185. The van der Waals surface area contributed by atoms with Crippen LogP contribution in [0.5, 0.6) is 0 Å². The van der Waals surface area contributed by atoms with Gasteiger partial charge < -0.3 is 4.57 Å². The average molecular weight is 537 g/mol. The molecule has 40 heavy (non-hydrogen) atoms. The third kappa shape index (κ3) is 7.16. The van der Waals surface area contributed by atoms with Crippen molar-refractivity contribution in [3.8, 4) is 0 Å². The van der Waals surface area contributed by atoms with Crippen LogP contribution in [-0.2, 0) is 6.17 Å². The van der Waals surface area contributed by atoms with Crippen molar-refractivity contribution >= 4 is 36.1 Å². The van der Waals surface area contributed by atoms with E-state index in [1.165, 1.54) is 26.9 Å². The van der Waals surface area contributed by atoms with E-state index in [0.29, 0.717) is 6.71 Å². The van der Waals surface area contributed by atoms with Crippen molar-refractivity contribution in [3.63, 3.8) is 0 Å². The van der Waals surface area contributed by atoms with E-state index in [9.17, 15) is 0 Å². The summed E-state index contributed by atoms with van der Waals surface area (Å²) in [5.74, 6) is 1.99. The van der Waals surface area contributed by atoms with E-state index in [2.05, 4.69) is 151 Å². The molecule has 198 valence electrons. The summed E-state index contributed by atoms with van der Waals surface area (Å²) < 4.78 is 2.19. The molecule has 4 heteroatoms. The molecule has 5 aromatic rings. The minimum absolute atomic E-state index is 0.299. The topological polar surface area (TPSA) is 17.8 Å². The summed E-state index contributed by atoms with van der Waals surface area (Å²) in [7, 11) is -2.19. The minimum atomic E-state index is -2.19. The number of imidazole rings is 1. The molecular weight excluding hydrogens is 499 g/mol. The fourth-order valence-electron chi connectivity index (χ4n) is 5.02. The first-order valence-electron chi connectivity index (χ1n) is 13.8. The van der Waals surface area contributed by atoms with Crippen molar-refractivity contribution < 1.29 is 0 Å². The Morgan fingerprint density at radius 2 is 1.32 bits per heavy atom. The molecule has 0 radical (unpaired) electrons. The predicted octanol–water partition coefficient (Wildman–Crippen LogP) is 6.56. The van der Waals surface area contributed by atoms with Crippen LogP contribution in [0, 0.1) is 0 Å². The Hall–Kier alpha value is -4.41. The lowest BCUT2D eigenvalue weighted by Gasteiger charge is -2.32. The molecule has 0 fully saturated rings. The average Bonchev–Trinajstić information content (AvgIpc) is 3.55. The Morgan fingerprint density at radius 1 is 0.800 bits per heavy atom. The highest BCUT2D eigenvalue weighted by Gasteiger charge is 2.36. The zero-order chi connectivity index (χ0) is 28.0. The molecule has 0 spiro atoms.